The zero-order valence-corrected chi connectivity index (χ0v) is 28.9. The van der Waals surface area contributed by atoms with Crippen molar-refractivity contribution in [3.63, 3.8) is 0 Å². The van der Waals surface area contributed by atoms with Crippen molar-refractivity contribution in [3.8, 4) is 0 Å². The van der Waals surface area contributed by atoms with Crippen LogP contribution in [0.3, 0.4) is 0 Å². The summed E-state index contributed by atoms with van der Waals surface area (Å²) in [4.78, 5) is 60.3. The number of aliphatic imine (C=N–C) groups is 1. The fourth-order valence-electron chi connectivity index (χ4n) is 7.09. The summed E-state index contributed by atoms with van der Waals surface area (Å²) in [7, 11) is 0. The Labute approximate surface area is 306 Å². The number of nitrogens with one attached hydrogen (secondary N) is 3. The molecule has 5 N–H and O–H groups in total. The first-order chi connectivity index (χ1) is 25.9. The molecule has 3 amide bonds. The summed E-state index contributed by atoms with van der Waals surface area (Å²) >= 11 is 0. The molecule has 8 rings (SSSR count). The number of amides is 3. The van der Waals surface area contributed by atoms with Gasteiger partial charge in [-0.15, -0.1) is 0 Å². The lowest BCUT2D eigenvalue weighted by Crippen LogP contribution is -2.52. The summed E-state index contributed by atoms with van der Waals surface area (Å²) in [5.74, 6) is 0.307. The Morgan fingerprint density at radius 1 is 0.868 bits per heavy atom. The molecule has 5 aromatic rings. The van der Waals surface area contributed by atoms with Crippen molar-refractivity contribution in [1.82, 2.24) is 25.2 Å². The van der Waals surface area contributed by atoms with Crippen LogP contribution in [0.4, 0.5) is 28.7 Å². The summed E-state index contributed by atoms with van der Waals surface area (Å²) < 4.78 is 0. The molecule has 3 aromatic carbocycles. The minimum absolute atomic E-state index is 0.180. The second-order valence-electron chi connectivity index (χ2n) is 13.3. The normalized spacial score (nSPS) is 18.1. The summed E-state index contributed by atoms with van der Waals surface area (Å²) in [6.45, 7) is 2.00. The second-order valence-corrected chi connectivity index (χ2v) is 13.3. The average Bonchev–Trinajstić information content (AvgIpc) is 3.52. The van der Waals surface area contributed by atoms with Crippen molar-refractivity contribution in [2.24, 2.45) is 10.7 Å². The molecule has 13 heteroatoms. The molecule has 53 heavy (non-hydrogen) atoms. The van der Waals surface area contributed by atoms with Crippen LogP contribution in [-0.2, 0) is 16.1 Å². The predicted octanol–water partition coefficient (Wildman–Crippen LogP) is 5.31. The standard InChI is InChI=1S/C40H38N10O3/c41-21-25(34-23-43-32-9-1-2-10-33(32)45-34)22-42-26-16-18-49(19-17-26)28-7-3-6-27(20-28)44-36-12-5-13-37(47-36)46-31-11-4-8-29-30(31)24-50(40(29)53)35-14-15-38(51)48-39(35)52/h1-13,20-23,26,35H,14-19,24,41H2,(H2,44,46,47)(H,48,51,52). The monoisotopic (exact) mass is 706 g/mol. The van der Waals surface area contributed by atoms with E-state index < -0.39 is 11.9 Å². The van der Waals surface area contributed by atoms with Crippen LogP contribution in [0.25, 0.3) is 16.6 Å². The van der Waals surface area contributed by atoms with Crippen LogP contribution in [0.15, 0.2) is 102 Å². The number of anilines is 5. The first kappa shape index (κ1) is 33.5. The minimum atomic E-state index is -0.675. The number of carbonyl (C=O) groups is 3. The largest absolute Gasteiger partial charge is 0.404 e. The fraction of sp³-hybridized carbons (Fsp3) is 0.225. The first-order valence-corrected chi connectivity index (χ1v) is 17.7. The number of allylic oxidation sites excluding steroid dienone is 1. The predicted molar refractivity (Wildman–Crippen MR) is 205 cm³/mol. The van der Waals surface area contributed by atoms with Crippen molar-refractivity contribution >= 4 is 69.2 Å². The van der Waals surface area contributed by atoms with E-state index in [0.29, 0.717) is 29.3 Å². The maximum absolute atomic E-state index is 13.3. The number of nitrogens with zero attached hydrogens (tertiary/aromatic N) is 6. The van der Waals surface area contributed by atoms with Gasteiger partial charge in [-0.25, -0.2) is 9.97 Å². The molecule has 266 valence electrons. The second kappa shape index (κ2) is 14.5. The van der Waals surface area contributed by atoms with Gasteiger partial charge in [0.2, 0.25) is 11.8 Å². The number of aromatic nitrogens is 3. The SMILES string of the molecule is NC=C(C=NC1CCN(c2cccc(Nc3cccc(Nc4cccc5c4CN(C4CCC(=O)NC4=O)C5=O)n3)c2)CC1)c1cnc2ccccc2n1. The van der Waals surface area contributed by atoms with E-state index in [-0.39, 0.29) is 30.8 Å². The summed E-state index contributed by atoms with van der Waals surface area (Å²) in [5.41, 5.74) is 13.2. The number of benzene rings is 3. The van der Waals surface area contributed by atoms with Crippen LogP contribution < -0.4 is 26.6 Å². The number of piperidine rings is 2. The molecule has 1 unspecified atom stereocenters. The van der Waals surface area contributed by atoms with Crippen LogP contribution in [0.1, 0.15) is 47.3 Å². The number of hydrogen-bond acceptors (Lipinski definition) is 11. The van der Waals surface area contributed by atoms with Crippen molar-refractivity contribution in [3.05, 3.63) is 114 Å². The molecule has 0 saturated carbocycles. The maximum Gasteiger partial charge on any atom is 0.255 e. The Kier molecular flexibility index (Phi) is 9.20. The summed E-state index contributed by atoms with van der Waals surface area (Å²) in [6.07, 6.45) is 7.42. The van der Waals surface area contributed by atoms with Crippen LogP contribution in [-0.4, -0.2) is 69.0 Å². The van der Waals surface area contributed by atoms with Gasteiger partial charge in [0, 0.05) is 72.2 Å². The molecule has 1 atom stereocenters. The molecule has 0 aliphatic carbocycles. The number of rotatable bonds is 9. The highest BCUT2D eigenvalue weighted by molar-refractivity contribution is 6.09. The molecular weight excluding hydrogens is 669 g/mol. The van der Waals surface area contributed by atoms with E-state index >= 15 is 0 Å². The number of nitrogens with two attached hydrogens (primary N) is 1. The van der Waals surface area contributed by atoms with Gasteiger partial charge in [-0.1, -0.05) is 30.3 Å². The molecule has 3 aliphatic rings. The van der Waals surface area contributed by atoms with Crippen molar-refractivity contribution in [1.29, 1.82) is 0 Å². The lowest BCUT2D eigenvalue weighted by Gasteiger charge is -2.32. The van der Waals surface area contributed by atoms with Gasteiger partial charge in [0.05, 0.1) is 29.0 Å². The highest BCUT2D eigenvalue weighted by Crippen LogP contribution is 2.34. The molecular formula is C40H38N10O3. The fourth-order valence-corrected chi connectivity index (χ4v) is 7.09. The summed E-state index contributed by atoms with van der Waals surface area (Å²) in [6, 6.07) is 26.7. The quantitative estimate of drug-likeness (QED) is 0.116. The van der Waals surface area contributed by atoms with Gasteiger partial charge in [0.25, 0.3) is 5.91 Å². The Morgan fingerprint density at radius 3 is 2.45 bits per heavy atom. The van der Waals surface area contributed by atoms with Gasteiger partial charge in [0.1, 0.15) is 17.7 Å². The van der Waals surface area contributed by atoms with Gasteiger partial charge >= 0.3 is 0 Å². The molecule has 13 nitrogen and oxygen atoms in total. The topological polar surface area (TPSA) is 171 Å². The van der Waals surface area contributed by atoms with Gasteiger partial charge < -0.3 is 26.2 Å². The molecule has 0 spiro atoms. The van der Waals surface area contributed by atoms with E-state index in [1.807, 2.05) is 72.9 Å². The number of carbonyl (C=O) groups excluding carboxylic acids is 3. The van der Waals surface area contributed by atoms with E-state index in [2.05, 4.69) is 38.0 Å². The third kappa shape index (κ3) is 7.13. The highest BCUT2D eigenvalue weighted by Gasteiger charge is 2.40. The lowest BCUT2D eigenvalue weighted by molar-refractivity contribution is -0.136. The number of fused-ring (bicyclic) bond motifs is 2. The number of pyridine rings is 1. The van der Waals surface area contributed by atoms with E-state index in [4.69, 9.17) is 20.7 Å². The Bertz CT molecular complexity index is 2280. The highest BCUT2D eigenvalue weighted by atomic mass is 16.2. The van der Waals surface area contributed by atoms with Crippen LogP contribution >= 0.6 is 0 Å². The summed E-state index contributed by atoms with van der Waals surface area (Å²) in [5, 5.41) is 9.17. The Morgan fingerprint density at radius 2 is 1.64 bits per heavy atom. The van der Waals surface area contributed by atoms with Crippen LogP contribution in [0.2, 0.25) is 0 Å². The van der Waals surface area contributed by atoms with Crippen molar-refractivity contribution < 1.29 is 14.4 Å². The van der Waals surface area contributed by atoms with E-state index in [9.17, 15) is 14.4 Å². The molecule has 0 bridgehead atoms. The molecule has 2 aromatic heterocycles. The lowest BCUT2D eigenvalue weighted by atomic mass is 10.0. The number of imide groups is 1. The van der Waals surface area contributed by atoms with Gasteiger partial charge in [-0.2, -0.15) is 0 Å². The van der Waals surface area contributed by atoms with E-state index in [1.165, 1.54) is 6.20 Å². The first-order valence-electron chi connectivity index (χ1n) is 17.7. The van der Waals surface area contributed by atoms with Crippen molar-refractivity contribution in [2.75, 3.05) is 28.6 Å². The zero-order chi connectivity index (χ0) is 36.3. The molecule has 3 aliphatic heterocycles. The van der Waals surface area contributed by atoms with Gasteiger partial charge in [-0.3, -0.25) is 29.7 Å². The minimum Gasteiger partial charge on any atom is -0.404 e. The van der Waals surface area contributed by atoms with E-state index in [0.717, 1.165) is 65.2 Å². The van der Waals surface area contributed by atoms with Crippen LogP contribution in [0.5, 0.6) is 0 Å². The van der Waals surface area contributed by atoms with Crippen LogP contribution in [0, 0.1) is 0 Å². The van der Waals surface area contributed by atoms with E-state index in [1.54, 1.807) is 17.2 Å². The third-order valence-corrected chi connectivity index (χ3v) is 9.89. The zero-order valence-electron chi connectivity index (χ0n) is 28.9. The molecule has 2 saturated heterocycles. The number of hydrogen-bond donors (Lipinski definition) is 4. The average molecular weight is 707 g/mol. The van der Waals surface area contributed by atoms with Gasteiger partial charge in [0.15, 0.2) is 0 Å². The molecule has 2 fully saturated rings. The molecule has 0 radical (unpaired) electrons. The van der Waals surface area contributed by atoms with Gasteiger partial charge in [-0.05, 0) is 73.9 Å². The molecule has 5 heterocycles. The van der Waals surface area contributed by atoms with Crippen molar-refractivity contribution in [2.45, 2.75) is 44.3 Å². The smallest absolute Gasteiger partial charge is 0.255 e. The Balaban J connectivity index is 0.888. The maximum atomic E-state index is 13.3. The Hall–Kier alpha value is -6.63. The third-order valence-electron chi connectivity index (χ3n) is 9.89. The number of para-hydroxylation sites is 2.